The fourth-order valence-electron chi connectivity index (χ4n) is 1.25. The lowest BCUT2D eigenvalue weighted by Gasteiger charge is -2.20. The standard InChI is InChI=1S/C13H26N2O3/c1-10(9-16)7-6-8-14-11(2)15-12(17)18-13(3,4)5/h10,14,16H,2,6-9H2,1,3-5H3,(H,15,17)/t10-/m0/s1. The van der Waals surface area contributed by atoms with E-state index in [2.05, 4.69) is 17.2 Å². The second-order valence-electron chi connectivity index (χ2n) is 5.46. The van der Waals surface area contributed by atoms with E-state index in [0.717, 1.165) is 12.8 Å². The molecule has 5 nitrogen and oxygen atoms in total. The summed E-state index contributed by atoms with van der Waals surface area (Å²) in [5.41, 5.74) is -0.513. The molecule has 3 N–H and O–H groups in total. The maximum atomic E-state index is 11.4. The molecule has 0 bridgehead atoms. The number of rotatable bonds is 7. The molecule has 5 heteroatoms. The molecule has 0 aliphatic carbocycles. The van der Waals surface area contributed by atoms with E-state index < -0.39 is 11.7 Å². The molecular weight excluding hydrogens is 232 g/mol. The third-order valence-electron chi connectivity index (χ3n) is 2.18. The molecule has 0 rings (SSSR count). The molecular formula is C13H26N2O3. The van der Waals surface area contributed by atoms with Crippen LogP contribution in [0, 0.1) is 5.92 Å². The van der Waals surface area contributed by atoms with Crippen molar-refractivity contribution in [3.8, 4) is 0 Å². The second kappa shape index (κ2) is 7.97. The molecule has 0 unspecified atom stereocenters. The fraction of sp³-hybridized carbons (Fsp3) is 0.769. The van der Waals surface area contributed by atoms with Crippen LogP contribution in [0.4, 0.5) is 4.79 Å². The first kappa shape index (κ1) is 16.8. The van der Waals surface area contributed by atoms with Gasteiger partial charge in [0.05, 0.1) is 0 Å². The Morgan fingerprint density at radius 1 is 1.44 bits per heavy atom. The van der Waals surface area contributed by atoms with Crippen LogP contribution in [-0.4, -0.2) is 30.0 Å². The van der Waals surface area contributed by atoms with Gasteiger partial charge in [0.2, 0.25) is 0 Å². The SMILES string of the molecule is C=C(NCCC[C@H](C)CO)NC(=O)OC(C)(C)C. The normalized spacial score (nSPS) is 12.7. The molecule has 0 spiro atoms. The van der Waals surface area contributed by atoms with Gasteiger partial charge in [-0.1, -0.05) is 13.5 Å². The maximum Gasteiger partial charge on any atom is 0.413 e. The fourth-order valence-corrected chi connectivity index (χ4v) is 1.25. The average molecular weight is 258 g/mol. The Morgan fingerprint density at radius 2 is 2.06 bits per heavy atom. The van der Waals surface area contributed by atoms with E-state index in [1.165, 1.54) is 0 Å². The van der Waals surface area contributed by atoms with Crippen molar-refractivity contribution in [1.29, 1.82) is 0 Å². The summed E-state index contributed by atoms with van der Waals surface area (Å²) in [5, 5.41) is 14.4. The highest BCUT2D eigenvalue weighted by atomic mass is 16.6. The van der Waals surface area contributed by atoms with Crippen molar-refractivity contribution in [2.45, 2.75) is 46.1 Å². The van der Waals surface area contributed by atoms with Crippen LogP contribution in [0.2, 0.25) is 0 Å². The lowest BCUT2D eigenvalue weighted by molar-refractivity contribution is 0.0542. The molecule has 106 valence electrons. The summed E-state index contributed by atoms with van der Waals surface area (Å²) in [6, 6.07) is 0. The highest BCUT2D eigenvalue weighted by Crippen LogP contribution is 2.06. The minimum Gasteiger partial charge on any atom is -0.444 e. The van der Waals surface area contributed by atoms with Crippen molar-refractivity contribution in [2.24, 2.45) is 5.92 Å². The summed E-state index contributed by atoms with van der Waals surface area (Å²) < 4.78 is 5.09. The monoisotopic (exact) mass is 258 g/mol. The van der Waals surface area contributed by atoms with Gasteiger partial charge in [0.25, 0.3) is 0 Å². The number of carbonyl (C=O) groups excluding carboxylic acids is 1. The Hall–Kier alpha value is -1.23. The van der Waals surface area contributed by atoms with Crippen molar-refractivity contribution in [3.63, 3.8) is 0 Å². The first-order valence-corrected chi connectivity index (χ1v) is 6.28. The quantitative estimate of drug-likeness (QED) is 0.611. The van der Waals surface area contributed by atoms with Gasteiger partial charge in [0.15, 0.2) is 0 Å². The van der Waals surface area contributed by atoms with Gasteiger partial charge in [0, 0.05) is 13.2 Å². The predicted molar refractivity (Wildman–Crippen MR) is 72.0 cm³/mol. The average Bonchev–Trinajstić information content (AvgIpc) is 2.21. The highest BCUT2D eigenvalue weighted by molar-refractivity contribution is 5.69. The van der Waals surface area contributed by atoms with Crippen LogP contribution in [0.15, 0.2) is 12.4 Å². The van der Waals surface area contributed by atoms with Crippen molar-refractivity contribution >= 4 is 6.09 Å². The van der Waals surface area contributed by atoms with Gasteiger partial charge in [0.1, 0.15) is 11.4 Å². The van der Waals surface area contributed by atoms with Crippen LogP contribution in [0.5, 0.6) is 0 Å². The molecule has 0 aliphatic rings. The Bertz CT molecular complexity index is 272. The van der Waals surface area contributed by atoms with Gasteiger partial charge in [-0.15, -0.1) is 0 Å². The summed E-state index contributed by atoms with van der Waals surface area (Å²) in [6.45, 7) is 12.0. The number of alkyl carbamates (subject to hydrolysis) is 1. The van der Waals surface area contributed by atoms with Crippen LogP contribution < -0.4 is 10.6 Å². The number of hydrogen-bond acceptors (Lipinski definition) is 4. The molecule has 0 saturated carbocycles. The van der Waals surface area contributed by atoms with Gasteiger partial charge < -0.3 is 15.2 Å². The van der Waals surface area contributed by atoms with Gasteiger partial charge in [-0.2, -0.15) is 0 Å². The minimum atomic E-state index is -0.513. The summed E-state index contributed by atoms with van der Waals surface area (Å²) in [7, 11) is 0. The van der Waals surface area contributed by atoms with Gasteiger partial charge in [-0.25, -0.2) is 4.79 Å². The van der Waals surface area contributed by atoms with E-state index in [0.29, 0.717) is 18.3 Å². The third-order valence-corrected chi connectivity index (χ3v) is 2.18. The molecule has 0 saturated heterocycles. The van der Waals surface area contributed by atoms with Gasteiger partial charge >= 0.3 is 6.09 Å². The molecule has 0 fully saturated rings. The molecule has 1 amide bonds. The number of amides is 1. The summed E-state index contributed by atoms with van der Waals surface area (Å²) in [6.07, 6.45) is 1.34. The number of hydrogen-bond donors (Lipinski definition) is 3. The Morgan fingerprint density at radius 3 is 2.56 bits per heavy atom. The van der Waals surface area contributed by atoms with E-state index in [1.807, 2.05) is 6.92 Å². The number of aliphatic hydroxyl groups excluding tert-OH is 1. The molecule has 0 heterocycles. The van der Waals surface area contributed by atoms with Crippen LogP contribution >= 0.6 is 0 Å². The van der Waals surface area contributed by atoms with Crippen LogP contribution in [0.3, 0.4) is 0 Å². The third kappa shape index (κ3) is 9.96. The zero-order valence-electron chi connectivity index (χ0n) is 11.9. The largest absolute Gasteiger partial charge is 0.444 e. The highest BCUT2D eigenvalue weighted by Gasteiger charge is 2.16. The minimum absolute atomic E-state index is 0.205. The Labute approximate surface area is 110 Å². The molecule has 0 aromatic heterocycles. The topological polar surface area (TPSA) is 70.6 Å². The molecule has 0 aromatic carbocycles. The number of ether oxygens (including phenoxy) is 1. The van der Waals surface area contributed by atoms with Gasteiger partial charge in [-0.3, -0.25) is 5.32 Å². The Balaban J connectivity index is 3.69. The smallest absolute Gasteiger partial charge is 0.413 e. The first-order chi connectivity index (χ1) is 8.24. The maximum absolute atomic E-state index is 11.4. The summed E-state index contributed by atoms with van der Waals surface area (Å²) in [5.74, 6) is 0.736. The van der Waals surface area contributed by atoms with Gasteiger partial charge in [-0.05, 0) is 39.5 Å². The predicted octanol–water partition coefficient (Wildman–Crippen LogP) is 1.98. The van der Waals surface area contributed by atoms with E-state index in [1.54, 1.807) is 20.8 Å². The summed E-state index contributed by atoms with van der Waals surface area (Å²) >= 11 is 0. The number of carbonyl (C=O) groups is 1. The second-order valence-corrected chi connectivity index (χ2v) is 5.46. The van der Waals surface area contributed by atoms with Crippen LogP contribution in [-0.2, 0) is 4.74 Å². The summed E-state index contributed by atoms with van der Waals surface area (Å²) in [4.78, 5) is 11.4. The zero-order chi connectivity index (χ0) is 14.2. The van der Waals surface area contributed by atoms with Crippen molar-refractivity contribution in [1.82, 2.24) is 10.6 Å². The Kier molecular flexibility index (Phi) is 7.43. The van der Waals surface area contributed by atoms with Crippen molar-refractivity contribution in [3.05, 3.63) is 12.4 Å². The van der Waals surface area contributed by atoms with Crippen LogP contribution in [0.1, 0.15) is 40.5 Å². The van der Waals surface area contributed by atoms with Crippen molar-refractivity contribution in [2.75, 3.05) is 13.2 Å². The molecule has 18 heavy (non-hydrogen) atoms. The van der Waals surface area contributed by atoms with Crippen molar-refractivity contribution < 1.29 is 14.6 Å². The lowest BCUT2D eigenvalue weighted by Crippen LogP contribution is -2.36. The zero-order valence-corrected chi connectivity index (χ0v) is 11.9. The van der Waals surface area contributed by atoms with Crippen LogP contribution in [0.25, 0.3) is 0 Å². The van der Waals surface area contributed by atoms with E-state index >= 15 is 0 Å². The lowest BCUT2D eigenvalue weighted by atomic mass is 10.1. The molecule has 0 aromatic rings. The molecule has 1 atom stereocenters. The first-order valence-electron chi connectivity index (χ1n) is 6.28. The number of nitrogens with one attached hydrogen (secondary N) is 2. The van der Waals surface area contributed by atoms with E-state index in [-0.39, 0.29) is 6.61 Å². The molecule has 0 aliphatic heterocycles. The van der Waals surface area contributed by atoms with E-state index in [4.69, 9.17) is 9.84 Å². The molecule has 0 radical (unpaired) electrons. The van der Waals surface area contributed by atoms with E-state index in [9.17, 15) is 4.79 Å². The number of aliphatic hydroxyl groups is 1.